The molecule has 128 valence electrons. The van der Waals surface area contributed by atoms with Crippen molar-refractivity contribution in [1.82, 2.24) is 5.43 Å². The summed E-state index contributed by atoms with van der Waals surface area (Å²) in [4.78, 5) is 11.4. The monoisotopic (exact) mass is 413 g/mol. The fraction of sp³-hybridized carbons (Fsp3) is 0.125. The molecule has 1 unspecified atom stereocenters. The van der Waals surface area contributed by atoms with E-state index >= 15 is 0 Å². The molecule has 0 aromatic heterocycles. The van der Waals surface area contributed by atoms with E-state index in [0.717, 1.165) is 10.5 Å². The van der Waals surface area contributed by atoms with Gasteiger partial charge in [0.25, 0.3) is 5.91 Å². The Bertz CT molecular complexity index is 854. The first-order chi connectivity index (χ1) is 11.2. The molecule has 2 aromatic carbocycles. The molecule has 0 fully saturated rings. The van der Waals surface area contributed by atoms with E-state index in [9.17, 15) is 13.4 Å². The summed E-state index contributed by atoms with van der Waals surface area (Å²) in [7, 11) is -2.62. The lowest BCUT2D eigenvalue weighted by molar-refractivity contribution is 0.0953. The zero-order valence-electron chi connectivity index (χ0n) is 13.0. The number of carbonyl (C=O) groups is 1. The second kappa shape index (κ2) is 7.33. The zero-order chi connectivity index (χ0) is 17.9. The van der Waals surface area contributed by atoms with Crippen LogP contribution >= 0.6 is 15.9 Å². The van der Waals surface area contributed by atoms with Crippen LogP contribution < -0.4 is 15.6 Å². The van der Waals surface area contributed by atoms with Crippen LogP contribution in [-0.4, -0.2) is 22.2 Å². The molecule has 0 aliphatic heterocycles. The third-order valence-corrected chi connectivity index (χ3v) is 5.14. The fourth-order valence-electron chi connectivity index (χ4n) is 2.11. The Labute approximate surface area is 148 Å². The number of nitrogen functional groups attached to an aromatic ring is 1. The molecule has 0 radical (unpaired) electrons. The molecule has 0 aliphatic carbocycles. The Morgan fingerprint density at radius 1 is 1.33 bits per heavy atom. The average Bonchev–Trinajstić information content (AvgIpc) is 2.53. The van der Waals surface area contributed by atoms with Crippen LogP contribution in [0.3, 0.4) is 0 Å². The summed E-state index contributed by atoms with van der Waals surface area (Å²) >= 11 is 3.34. The highest BCUT2D eigenvalue weighted by atomic mass is 79.9. The number of amides is 1. The van der Waals surface area contributed by atoms with Crippen LogP contribution in [-0.2, 0) is 16.3 Å². The molecule has 5 nitrogen and oxygen atoms in total. The predicted molar refractivity (Wildman–Crippen MR) is 99.6 cm³/mol. The van der Waals surface area contributed by atoms with Crippen molar-refractivity contribution in [2.75, 3.05) is 10.6 Å². The first-order valence-corrected chi connectivity index (χ1v) is 9.76. The summed E-state index contributed by atoms with van der Waals surface area (Å²) in [5, 5.41) is 0. The maximum absolute atomic E-state index is 14.3. The summed E-state index contributed by atoms with van der Waals surface area (Å²) in [5.74, 6) is 7.57. The number of halogens is 2. The Hall–Kier alpha value is -1.90. The molecular formula is C16H17BrFN3O2S. The van der Waals surface area contributed by atoms with Gasteiger partial charge in [0.05, 0.1) is 6.54 Å². The summed E-state index contributed by atoms with van der Waals surface area (Å²) in [5.41, 5.74) is 3.01. The summed E-state index contributed by atoms with van der Waals surface area (Å²) in [6.07, 6.45) is 1.49. The number of hydrogen-bond donors (Lipinski definition) is 2. The standard InChI is InChI=1S/C16H17BrFN3O2S/c1-24(2,23)21(14-7-5-13(17)6-8-14)10-12-4-3-11(9-15(12)18)16(22)20-19/h3-9H,1,10,19H2,2H3,(H,20,22). The molecule has 2 rings (SSSR count). The van der Waals surface area contributed by atoms with Crippen molar-refractivity contribution in [2.24, 2.45) is 5.84 Å². The molecule has 0 aliphatic rings. The minimum Gasteiger partial charge on any atom is -0.295 e. The van der Waals surface area contributed by atoms with Crippen LogP contribution in [0.2, 0.25) is 0 Å². The van der Waals surface area contributed by atoms with E-state index in [1.54, 1.807) is 24.3 Å². The maximum Gasteiger partial charge on any atom is 0.265 e. The second-order valence-electron chi connectivity index (χ2n) is 5.25. The van der Waals surface area contributed by atoms with Crippen molar-refractivity contribution in [3.63, 3.8) is 0 Å². The van der Waals surface area contributed by atoms with E-state index < -0.39 is 21.4 Å². The quantitative estimate of drug-likeness (QED) is 0.342. The minimum atomic E-state index is -2.62. The van der Waals surface area contributed by atoms with Crippen LogP contribution in [0, 0.1) is 5.82 Å². The number of benzene rings is 2. The Morgan fingerprint density at radius 2 is 1.96 bits per heavy atom. The molecule has 0 spiro atoms. The molecule has 0 saturated carbocycles. The van der Waals surface area contributed by atoms with Gasteiger partial charge in [-0.15, -0.1) is 0 Å². The first kappa shape index (κ1) is 18.4. The lowest BCUT2D eigenvalue weighted by Gasteiger charge is -2.26. The van der Waals surface area contributed by atoms with Gasteiger partial charge in [0, 0.05) is 37.3 Å². The van der Waals surface area contributed by atoms with Crippen LogP contribution in [0.1, 0.15) is 15.9 Å². The van der Waals surface area contributed by atoms with Crippen molar-refractivity contribution in [3.05, 3.63) is 63.9 Å². The van der Waals surface area contributed by atoms with Crippen molar-refractivity contribution < 1.29 is 13.4 Å². The highest BCUT2D eigenvalue weighted by molar-refractivity contribution is 9.10. The number of carbonyl (C=O) groups excluding carboxylic acids is 1. The fourth-order valence-corrected chi connectivity index (χ4v) is 3.36. The van der Waals surface area contributed by atoms with Crippen molar-refractivity contribution in [1.29, 1.82) is 0 Å². The van der Waals surface area contributed by atoms with Crippen molar-refractivity contribution >= 4 is 43.1 Å². The van der Waals surface area contributed by atoms with E-state index in [1.807, 2.05) is 5.43 Å². The molecular weight excluding hydrogens is 397 g/mol. The molecule has 24 heavy (non-hydrogen) atoms. The normalized spacial score (nSPS) is 13.2. The van der Waals surface area contributed by atoms with Crippen molar-refractivity contribution in [2.45, 2.75) is 6.54 Å². The molecule has 2 aromatic rings. The Balaban J connectivity index is 2.37. The topological polar surface area (TPSA) is 75.4 Å². The summed E-state index contributed by atoms with van der Waals surface area (Å²) in [6, 6.07) is 11.2. The number of nitrogens with one attached hydrogen (secondary N) is 1. The van der Waals surface area contributed by atoms with E-state index in [-0.39, 0.29) is 12.1 Å². The molecule has 1 amide bonds. The maximum atomic E-state index is 14.3. The molecule has 3 N–H and O–H groups in total. The predicted octanol–water partition coefficient (Wildman–Crippen LogP) is 2.46. The third-order valence-electron chi connectivity index (χ3n) is 3.34. The largest absolute Gasteiger partial charge is 0.295 e. The zero-order valence-corrected chi connectivity index (χ0v) is 15.4. The van der Waals surface area contributed by atoms with E-state index in [0.29, 0.717) is 11.3 Å². The van der Waals surface area contributed by atoms with Crippen LogP contribution in [0.25, 0.3) is 0 Å². The number of rotatable bonds is 5. The number of anilines is 1. The van der Waals surface area contributed by atoms with Gasteiger partial charge in [-0.1, -0.05) is 22.0 Å². The van der Waals surface area contributed by atoms with Gasteiger partial charge in [-0.05, 0) is 42.3 Å². The molecule has 0 heterocycles. The third kappa shape index (κ3) is 4.34. The Kier molecular flexibility index (Phi) is 5.63. The van der Waals surface area contributed by atoms with Gasteiger partial charge in [-0.2, -0.15) is 0 Å². The number of hydrogen-bond acceptors (Lipinski definition) is 3. The van der Waals surface area contributed by atoms with Gasteiger partial charge in [-0.3, -0.25) is 14.5 Å². The second-order valence-corrected chi connectivity index (χ2v) is 8.53. The lowest BCUT2D eigenvalue weighted by Crippen LogP contribution is -2.31. The van der Waals surface area contributed by atoms with E-state index in [2.05, 4.69) is 21.8 Å². The lowest BCUT2D eigenvalue weighted by atomic mass is 10.1. The highest BCUT2D eigenvalue weighted by Crippen LogP contribution is 2.24. The molecule has 1 atom stereocenters. The summed E-state index contributed by atoms with van der Waals surface area (Å²) < 4.78 is 29.2. The molecule has 8 heteroatoms. The summed E-state index contributed by atoms with van der Waals surface area (Å²) in [6.45, 7) is 0.0524. The number of nitrogens with zero attached hydrogens (tertiary/aromatic N) is 1. The first-order valence-electron chi connectivity index (χ1n) is 6.87. The molecule has 0 saturated heterocycles. The van der Waals surface area contributed by atoms with E-state index in [4.69, 9.17) is 5.84 Å². The van der Waals surface area contributed by atoms with Gasteiger partial charge in [-0.25, -0.2) is 14.4 Å². The molecule has 0 bridgehead atoms. The minimum absolute atomic E-state index is 0.0524. The number of nitrogens with two attached hydrogens (primary N) is 1. The highest BCUT2D eigenvalue weighted by Gasteiger charge is 2.17. The average molecular weight is 414 g/mol. The smallest absolute Gasteiger partial charge is 0.265 e. The van der Waals surface area contributed by atoms with Crippen molar-refractivity contribution in [3.8, 4) is 0 Å². The van der Waals surface area contributed by atoms with Crippen LogP contribution in [0.15, 0.2) is 46.9 Å². The van der Waals surface area contributed by atoms with Crippen LogP contribution in [0.5, 0.6) is 0 Å². The van der Waals surface area contributed by atoms with Crippen LogP contribution in [0.4, 0.5) is 10.1 Å². The Morgan fingerprint density at radius 3 is 2.46 bits per heavy atom. The van der Waals surface area contributed by atoms with Gasteiger partial charge >= 0.3 is 0 Å². The number of hydrazine groups is 1. The van der Waals surface area contributed by atoms with Gasteiger partial charge < -0.3 is 0 Å². The van der Waals surface area contributed by atoms with Gasteiger partial charge in [0.15, 0.2) is 0 Å². The van der Waals surface area contributed by atoms with E-state index in [1.165, 1.54) is 22.7 Å². The van der Waals surface area contributed by atoms with Gasteiger partial charge in [0.1, 0.15) is 5.82 Å². The SMILES string of the molecule is C=S(C)(=O)N(Cc1ccc(C(=O)NN)cc1F)c1ccc(Br)cc1. The van der Waals surface area contributed by atoms with Gasteiger partial charge in [0.2, 0.25) is 0 Å².